The molecule has 0 unspecified atom stereocenters. The van der Waals surface area contributed by atoms with E-state index < -0.39 is 5.97 Å². The van der Waals surface area contributed by atoms with Gasteiger partial charge in [0.05, 0.1) is 5.56 Å². The molecule has 0 aliphatic carbocycles. The fourth-order valence-corrected chi connectivity index (χ4v) is 2.05. The van der Waals surface area contributed by atoms with E-state index in [1.807, 2.05) is 19.1 Å². The van der Waals surface area contributed by atoms with E-state index in [0.29, 0.717) is 21.2 Å². The average Bonchev–Trinajstić information content (AvgIpc) is 2.71. The minimum atomic E-state index is -1.06. The van der Waals surface area contributed by atoms with Crippen molar-refractivity contribution >= 4 is 27.5 Å². The minimum Gasteiger partial charge on any atom is -0.477 e. The van der Waals surface area contributed by atoms with Crippen molar-refractivity contribution in [2.75, 3.05) is 0 Å². The summed E-state index contributed by atoms with van der Waals surface area (Å²) >= 11 is 3.22. The van der Waals surface area contributed by atoms with E-state index in [9.17, 15) is 15.2 Å². The predicted molar refractivity (Wildman–Crippen MR) is 82.6 cm³/mol. The van der Waals surface area contributed by atoms with Gasteiger partial charge in [0.15, 0.2) is 0 Å². The maximum Gasteiger partial charge on any atom is 0.353 e. The predicted octanol–water partition coefficient (Wildman–Crippen LogP) is 3.85. The highest BCUT2D eigenvalue weighted by Crippen LogP contribution is 2.27. The molecule has 104 valence electrons. The quantitative estimate of drug-likeness (QED) is 0.831. The second-order valence-corrected chi connectivity index (χ2v) is 5.16. The molecule has 1 rings (SSSR count). The van der Waals surface area contributed by atoms with Crippen LogP contribution in [0.25, 0.3) is 5.57 Å². The van der Waals surface area contributed by atoms with Crippen LogP contribution in [-0.2, 0) is 7.05 Å². The number of carbonyl (C=O) groups is 1. The Labute approximate surface area is 126 Å². The lowest BCUT2D eigenvalue weighted by atomic mass is 10.00. The largest absolute Gasteiger partial charge is 0.477 e. The first kappa shape index (κ1) is 16.0. The Balaban J connectivity index is 3.55. The van der Waals surface area contributed by atoms with Crippen LogP contribution in [0.2, 0.25) is 0 Å². The maximum atomic E-state index is 11.4. The number of halogens is 1. The summed E-state index contributed by atoms with van der Waals surface area (Å²) in [6, 6.07) is 2.05. The molecular formula is C15H15BrN2O2. The van der Waals surface area contributed by atoms with Crippen LogP contribution in [0.15, 0.2) is 35.5 Å². The molecule has 0 aliphatic rings. The first-order chi connectivity index (χ1) is 9.42. The van der Waals surface area contributed by atoms with Crippen LogP contribution in [0.4, 0.5) is 0 Å². The summed E-state index contributed by atoms with van der Waals surface area (Å²) in [7, 11) is 1.62. The third-order valence-corrected chi connectivity index (χ3v) is 2.93. The molecule has 1 N–H and O–H groups in total. The molecule has 0 bridgehead atoms. The number of nitriles is 1. The van der Waals surface area contributed by atoms with Gasteiger partial charge in [-0.05, 0) is 18.1 Å². The summed E-state index contributed by atoms with van der Waals surface area (Å²) in [4.78, 5) is 11.4. The smallest absolute Gasteiger partial charge is 0.353 e. The molecule has 20 heavy (non-hydrogen) atoms. The molecule has 5 heteroatoms. The van der Waals surface area contributed by atoms with Gasteiger partial charge in [-0.3, -0.25) is 0 Å². The van der Waals surface area contributed by atoms with Crippen LogP contribution >= 0.6 is 15.9 Å². The molecule has 0 fully saturated rings. The lowest BCUT2D eigenvalue weighted by molar-refractivity contribution is 0.0686. The molecule has 0 saturated carbocycles. The highest BCUT2D eigenvalue weighted by molar-refractivity contribution is 9.11. The van der Waals surface area contributed by atoms with Crippen LogP contribution in [0.5, 0.6) is 0 Å². The minimum absolute atomic E-state index is 0.103. The molecule has 1 heterocycles. The highest BCUT2D eigenvalue weighted by Gasteiger charge is 2.21. The summed E-state index contributed by atoms with van der Waals surface area (Å²) in [5.74, 6) is -1.06. The molecular weight excluding hydrogens is 320 g/mol. The van der Waals surface area contributed by atoms with Crippen LogP contribution in [0.3, 0.4) is 0 Å². The van der Waals surface area contributed by atoms with Crippen LogP contribution < -0.4 is 0 Å². The van der Waals surface area contributed by atoms with E-state index in [1.54, 1.807) is 19.2 Å². The zero-order chi connectivity index (χ0) is 15.3. The van der Waals surface area contributed by atoms with Gasteiger partial charge in [-0.1, -0.05) is 41.6 Å². The Morgan fingerprint density at radius 2 is 2.25 bits per heavy atom. The number of carboxylic acid groups (broad SMARTS) is 1. The summed E-state index contributed by atoms with van der Waals surface area (Å²) in [6.07, 6.45) is 7.62. The number of allylic oxidation sites excluding steroid dienone is 5. The average molecular weight is 335 g/mol. The lowest BCUT2D eigenvalue weighted by Gasteiger charge is -2.05. The zero-order valence-electron chi connectivity index (χ0n) is 11.4. The molecule has 1 aromatic heterocycles. The van der Waals surface area contributed by atoms with Gasteiger partial charge in [0.2, 0.25) is 0 Å². The van der Waals surface area contributed by atoms with Gasteiger partial charge in [0, 0.05) is 23.3 Å². The van der Waals surface area contributed by atoms with Gasteiger partial charge in [0.25, 0.3) is 0 Å². The van der Waals surface area contributed by atoms with Crippen molar-refractivity contribution in [2.45, 2.75) is 13.3 Å². The number of nitrogens with zero attached hydrogens (tertiary/aromatic N) is 2. The molecule has 4 nitrogen and oxygen atoms in total. The van der Waals surface area contributed by atoms with Crippen LogP contribution in [0, 0.1) is 11.3 Å². The summed E-state index contributed by atoms with van der Waals surface area (Å²) < 4.78 is 2.13. The van der Waals surface area contributed by atoms with Crippen molar-refractivity contribution in [3.8, 4) is 6.07 Å². The van der Waals surface area contributed by atoms with E-state index in [-0.39, 0.29) is 5.69 Å². The molecule has 0 saturated heterocycles. The van der Waals surface area contributed by atoms with Gasteiger partial charge < -0.3 is 9.67 Å². The van der Waals surface area contributed by atoms with Crippen molar-refractivity contribution in [2.24, 2.45) is 7.05 Å². The number of aryl methyl sites for hydroxylation is 1. The first-order valence-electron chi connectivity index (χ1n) is 5.98. The van der Waals surface area contributed by atoms with Gasteiger partial charge in [0.1, 0.15) is 11.8 Å². The van der Waals surface area contributed by atoms with Gasteiger partial charge >= 0.3 is 5.97 Å². The van der Waals surface area contributed by atoms with Crippen LogP contribution in [0.1, 0.15) is 35.0 Å². The second kappa shape index (κ2) is 6.92. The van der Waals surface area contributed by atoms with Gasteiger partial charge in [-0.2, -0.15) is 5.26 Å². The van der Waals surface area contributed by atoms with Crippen molar-refractivity contribution in [3.63, 3.8) is 0 Å². The molecule has 1 aromatic rings. The van der Waals surface area contributed by atoms with Crippen molar-refractivity contribution < 1.29 is 9.90 Å². The number of aromatic carboxylic acids is 1. The van der Waals surface area contributed by atoms with E-state index >= 15 is 0 Å². The SMILES string of the molecule is C=C(Br)/C=C\C(=C/CC)c1c(C#N)cn(C)c1C(=O)O. The van der Waals surface area contributed by atoms with E-state index in [4.69, 9.17) is 0 Å². The number of carboxylic acids is 1. The van der Waals surface area contributed by atoms with Gasteiger partial charge in [-0.25, -0.2) is 4.79 Å². The van der Waals surface area contributed by atoms with Crippen molar-refractivity contribution in [1.29, 1.82) is 5.26 Å². The lowest BCUT2D eigenvalue weighted by Crippen LogP contribution is -2.06. The highest BCUT2D eigenvalue weighted by atomic mass is 79.9. The first-order valence-corrected chi connectivity index (χ1v) is 6.77. The van der Waals surface area contributed by atoms with E-state index in [2.05, 4.69) is 22.5 Å². The summed E-state index contributed by atoms with van der Waals surface area (Å²) in [5, 5.41) is 18.5. The van der Waals surface area contributed by atoms with Crippen molar-refractivity contribution in [1.82, 2.24) is 4.57 Å². The summed E-state index contributed by atoms with van der Waals surface area (Å²) in [5.41, 5.74) is 1.58. The Morgan fingerprint density at radius 1 is 1.60 bits per heavy atom. The summed E-state index contributed by atoms with van der Waals surface area (Å²) in [6.45, 7) is 5.65. The second-order valence-electron chi connectivity index (χ2n) is 4.14. The number of hydrogen-bond donors (Lipinski definition) is 1. The monoisotopic (exact) mass is 334 g/mol. The number of aromatic nitrogens is 1. The molecule has 0 atom stereocenters. The Bertz CT molecular complexity index is 646. The topological polar surface area (TPSA) is 66.0 Å². The van der Waals surface area contributed by atoms with E-state index in [1.165, 1.54) is 10.8 Å². The Kier molecular flexibility index (Phi) is 5.53. The van der Waals surface area contributed by atoms with E-state index in [0.717, 1.165) is 6.42 Å². The van der Waals surface area contributed by atoms with Gasteiger partial charge in [-0.15, -0.1) is 0 Å². The number of rotatable bonds is 5. The molecule has 0 aromatic carbocycles. The van der Waals surface area contributed by atoms with Crippen LogP contribution in [-0.4, -0.2) is 15.6 Å². The fourth-order valence-electron chi connectivity index (χ4n) is 1.91. The Morgan fingerprint density at radius 3 is 2.70 bits per heavy atom. The maximum absolute atomic E-state index is 11.4. The standard InChI is InChI=1S/C15H15BrN2O2/c1-4-5-11(7-6-10(2)16)13-12(8-17)9-18(3)14(13)15(19)20/h5-7,9H,2,4H2,1,3H3,(H,19,20)/b7-6-,11-5+. The zero-order valence-corrected chi connectivity index (χ0v) is 12.9. The fraction of sp³-hybridized carbons (Fsp3) is 0.200. The third-order valence-electron chi connectivity index (χ3n) is 2.66. The Hall–Kier alpha value is -2.06. The molecule has 0 spiro atoms. The number of hydrogen-bond acceptors (Lipinski definition) is 2. The normalized spacial score (nSPS) is 11.6. The third kappa shape index (κ3) is 3.49. The molecule has 0 aliphatic heterocycles. The molecule has 0 radical (unpaired) electrons. The molecule has 0 amide bonds. The van der Waals surface area contributed by atoms with Crippen molar-refractivity contribution in [3.05, 3.63) is 52.3 Å².